The molecule has 0 bridgehead atoms. The van der Waals surface area contributed by atoms with Crippen LogP contribution in [0, 0.1) is 0 Å². The lowest BCUT2D eigenvalue weighted by Crippen LogP contribution is -2.54. The van der Waals surface area contributed by atoms with E-state index in [1.165, 1.54) is 0 Å². The van der Waals surface area contributed by atoms with Crippen LogP contribution in [0.4, 0.5) is 5.69 Å². The van der Waals surface area contributed by atoms with Gasteiger partial charge >= 0.3 is 0 Å². The minimum Gasteiger partial charge on any atom is -0.489 e. The Kier molecular flexibility index (Phi) is 3.84. The molecule has 96 valence electrons. The second-order valence-electron chi connectivity index (χ2n) is 3.98. The minimum atomic E-state index is -0.985. The van der Waals surface area contributed by atoms with Gasteiger partial charge in [0.25, 0.3) is 0 Å². The molecule has 2 N–H and O–H groups in total. The average Bonchev–Trinajstić information content (AvgIpc) is 2.36. The molecule has 0 saturated carbocycles. The van der Waals surface area contributed by atoms with E-state index < -0.39 is 6.35 Å². The van der Waals surface area contributed by atoms with Crippen molar-refractivity contribution < 1.29 is 14.6 Å². The predicted molar refractivity (Wildman–Crippen MR) is 68.2 cm³/mol. The van der Waals surface area contributed by atoms with E-state index in [1.807, 2.05) is 24.3 Å². The number of nitrogens with zero attached hydrogens (tertiary/aromatic N) is 1. The monoisotopic (exact) mass is 248 g/mol. The van der Waals surface area contributed by atoms with Crippen molar-refractivity contribution in [1.29, 1.82) is 0 Å². The third-order valence-electron chi connectivity index (χ3n) is 2.68. The first-order valence-electron chi connectivity index (χ1n) is 5.78. The van der Waals surface area contributed by atoms with E-state index in [0.717, 1.165) is 5.69 Å². The van der Waals surface area contributed by atoms with E-state index in [-0.39, 0.29) is 5.91 Å². The van der Waals surface area contributed by atoms with Crippen LogP contribution in [0.15, 0.2) is 36.9 Å². The normalized spacial score (nSPS) is 19.3. The van der Waals surface area contributed by atoms with Gasteiger partial charge in [0.15, 0.2) is 0 Å². The summed E-state index contributed by atoms with van der Waals surface area (Å²) in [6.45, 7) is 4.50. The topological polar surface area (TPSA) is 61.8 Å². The molecule has 1 amide bonds. The van der Waals surface area contributed by atoms with Crippen LogP contribution in [-0.2, 0) is 4.79 Å². The van der Waals surface area contributed by atoms with E-state index >= 15 is 0 Å². The highest BCUT2D eigenvalue weighted by Gasteiger charge is 2.24. The molecule has 1 aliphatic heterocycles. The third kappa shape index (κ3) is 2.81. The Balaban J connectivity index is 2.12. The van der Waals surface area contributed by atoms with Crippen molar-refractivity contribution >= 4 is 11.6 Å². The van der Waals surface area contributed by atoms with Gasteiger partial charge in [-0.2, -0.15) is 0 Å². The molecule has 1 unspecified atom stereocenters. The van der Waals surface area contributed by atoms with Crippen LogP contribution >= 0.6 is 0 Å². The fourth-order valence-corrected chi connectivity index (χ4v) is 1.82. The van der Waals surface area contributed by atoms with E-state index in [1.54, 1.807) is 11.0 Å². The SMILES string of the molecule is C=CCOc1cccc(N2CCC(=O)NC2O)c1. The number of carbonyl (C=O) groups is 1. The lowest BCUT2D eigenvalue weighted by molar-refractivity contribution is -0.125. The number of rotatable bonds is 4. The van der Waals surface area contributed by atoms with Crippen molar-refractivity contribution in [2.45, 2.75) is 12.8 Å². The quantitative estimate of drug-likeness (QED) is 0.776. The molecule has 5 heteroatoms. The standard InChI is InChI=1S/C13H16N2O3/c1-2-8-18-11-5-3-4-10(9-11)15-7-6-12(16)14-13(15)17/h2-5,9,13,17H,1,6-8H2,(H,14,16). The number of aliphatic hydroxyl groups excluding tert-OH is 1. The number of anilines is 1. The van der Waals surface area contributed by atoms with Crippen LogP contribution in [0.25, 0.3) is 0 Å². The maximum absolute atomic E-state index is 11.1. The highest BCUT2D eigenvalue weighted by atomic mass is 16.5. The summed E-state index contributed by atoms with van der Waals surface area (Å²) in [5.41, 5.74) is 0.809. The van der Waals surface area contributed by atoms with Gasteiger partial charge in [0.05, 0.1) is 0 Å². The van der Waals surface area contributed by atoms with Crippen LogP contribution in [0.2, 0.25) is 0 Å². The first kappa shape index (κ1) is 12.4. The summed E-state index contributed by atoms with van der Waals surface area (Å²) < 4.78 is 5.43. The van der Waals surface area contributed by atoms with Crippen molar-refractivity contribution in [3.8, 4) is 5.75 Å². The summed E-state index contributed by atoms with van der Waals surface area (Å²) in [6.07, 6.45) is 1.05. The van der Waals surface area contributed by atoms with Gasteiger partial charge in [-0.25, -0.2) is 0 Å². The number of hydrogen-bond donors (Lipinski definition) is 2. The van der Waals surface area contributed by atoms with Gasteiger partial charge in [-0.15, -0.1) is 0 Å². The molecule has 1 aliphatic rings. The zero-order chi connectivity index (χ0) is 13.0. The van der Waals surface area contributed by atoms with Gasteiger partial charge in [-0.05, 0) is 12.1 Å². The summed E-state index contributed by atoms with van der Waals surface area (Å²) in [6, 6.07) is 7.37. The van der Waals surface area contributed by atoms with Crippen LogP contribution in [0.1, 0.15) is 6.42 Å². The largest absolute Gasteiger partial charge is 0.489 e. The molecule has 0 aliphatic carbocycles. The third-order valence-corrected chi connectivity index (χ3v) is 2.68. The Hall–Kier alpha value is -2.01. The highest BCUT2D eigenvalue weighted by Crippen LogP contribution is 2.23. The number of ether oxygens (including phenoxy) is 1. The number of aliphatic hydroxyl groups is 1. The molecular formula is C13H16N2O3. The Morgan fingerprint density at radius 3 is 3.17 bits per heavy atom. The molecule has 5 nitrogen and oxygen atoms in total. The van der Waals surface area contributed by atoms with Gasteiger partial charge in [0.1, 0.15) is 12.4 Å². The van der Waals surface area contributed by atoms with Crippen molar-refractivity contribution in [1.82, 2.24) is 5.32 Å². The van der Waals surface area contributed by atoms with Crippen molar-refractivity contribution in [2.75, 3.05) is 18.1 Å². The molecule has 1 saturated heterocycles. The number of nitrogens with one attached hydrogen (secondary N) is 1. The van der Waals surface area contributed by atoms with Gasteiger partial charge in [0.2, 0.25) is 12.3 Å². The Bertz CT molecular complexity index is 448. The molecular weight excluding hydrogens is 232 g/mol. The lowest BCUT2D eigenvalue weighted by atomic mass is 10.2. The van der Waals surface area contributed by atoms with Crippen molar-refractivity contribution in [3.63, 3.8) is 0 Å². The van der Waals surface area contributed by atoms with Crippen LogP contribution < -0.4 is 15.0 Å². The molecule has 18 heavy (non-hydrogen) atoms. The Morgan fingerprint density at radius 1 is 1.61 bits per heavy atom. The smallest absolute Gasteiger partial charge is 0.225 e. The summed E-state index contributed by atoms with van der Waals surface area (Å²) in [5.74, 6) is 0.564. The van der Waals surface area contributed by atoms with Crippen LogP contribution in [-0.4, -0.2) is 30.5 Å². The van der Waals surface area contributed by atoms with Gasteiger partial charge in [-0.3, -0.25) is 4.79 Å². The zero-order valence-corrected chi connectivity index (χ0v) is 10.0. The number of amides is 1. The first-order valence-corrected chi connectivity index (χ1v) is 5.78. The molecule has 0 radical (unpaired) electrons. The Labute approximate surface area is 106 Å². The molecule has 1 aromatic carbocycles. The lowest BCUT2D eigenvalue weighted by Gasteiger charge is -2.34. The summed E-state index contributed by atoms with van der Waals surface area (Å²) in [7, 11) is 0. The number of carbonyl (C=O) groups excluding carboxylic acids is 1. The molecule has 1 heterocycles. The fraction of sp³-hybridized carbons (Fsp3) is 0.308. The number of benzene rings is 1. The van der Waals surface area contributed by atoms with E-state index in [9.17, 15) is 9.90 Å². The summed E-state index contributed by atoms with van der Waals surface area (Å²) >= 11 is 0. The molecule has 0 aromatic heterocycles. The van der Waals surface area contributed by atoms with Crippen molar-refractivity contribution in [2.24, 2.45) is 0 Å². The molecule has 1 atom stereocenters. The van der Waals surface area contributed by atoms with Gasteiger partial charge < -0.3 is 20.1 Å². The fourth-order valence-electron chi connectivity index (χ4n) is 1.82. The molecule has 2 rings (SSSR count). The molecule has 0 spiro atoms. The molecule has 1 aromatic rings. The Morgan fingerprint density at radius 2 is 2.44 bits per heavy atom. The maximum atomic E-state index is 11.1. The van der Waals surface area contributed by atoms with Gasteiger partial charge in [-0.1, -0.05) is 18.7 Å². The first-order chi connectivity index (χ1) is 8.70. The average molecular weight is 248 g/mol. The second-order valence-corrected chi connectivity index (χ2v) is 3.98. The predicted octanol–water partition coefficient (Wildman–Crippen LogP) is 0.854. The van der Waals surface area contributed by atoms with E-state index in [2.05, 4.69) is 11.9 Å². The van der Waals surface area contributed by atoms with Crippen molar-refractivity contribution in [3.05, 3.63) is 36.9 Å². The van der Waals surface area contributed by atoms with E-state index in [0.29, 0.717) is 25.3 Å². The molecule has 1 fully saturated rings. The highest BCUT2D eigenvalue weighted by molar-refractivity contribution is 5.78. The van der Waals surface area contributed by atoms with Crippen LogP contribution in [0.5, 0.6) is 5.75 Å². The maximum Gasteiger partial charge on any atom is 0.225 e. The number of hydrogen-bond acceptors (Lipinski definition) is 4. The minimum absolute atomic E-state index is 0.141. The second kappa shape index (κ2) is 5.55. The zero-order valence-electron chi connectivity index (χ0n) is 10.0. The summed E-state index contributed by atoms with van der Waals surface area (Å²) in [5, 5.41) is 12.3. The summed E-state index contributed by atoms with van der Waals surface area (Å²) in [4.78, 5) is 12.8. The van der Waals surface area contributed by atoms with E-state index in [4.69, 9.17) is 4.74 Å². The van der Waals surface area contributed by atoms with Gasteiger partial charge in [0, 0.05) is 24.7 Å². The van der Waals surface area contributed by atoms with Crippen LogP contribution in [0.3, 0.4) is 0 Å².